The van der Waals surface area contributed by atoms with E-state index >= 15 is 0 Å². The minimum atomic E-state index is -0.702. The first-order valence-corrected chi connectivity index (χ1v) is 4.10. The molecule has 1 fully saturated rings. The van der Waals surface area contributed by atoms with E-state index in [9.17, 15) is 9.90 Å². The van der Waals surface area contributed by atoms with Crippen LogP contribution in [-0.4, -0.2) is 30.3 Å². The molecule has 1 aliphatic heterocycles. The minimum absolute atomic E-state index is 0.131. The van der Waals surface area contributed by atoms with Crippen molar-refractivity contribution >= 4 is 5.91 Å². The Labute approximate surface area is 71.7 Å². The molecule has 0 bridgehead atoms. The van der Waals surface area contributed by atoms with E-state index in [0.29, 0.717) is 13.2 Å². The van der Waals surface area contributed by atoms with Crippen LogP contribution in [0.5, 0.6) is 0 Å². The van der Waals surface area contributed by atoms with Crippen LogP contribution in [0.1, 0.15) is 12.8 Å². The van der Waals surface area contributed by atoms with E-state index in [1.54, 1.807) is 0 Å². The molecule has 1 unspecified atom stereocenters. The number of carbonyl (C=O) groups excluding carboxylic acids is 1. The Morgan fingerprint density at radius 1 is 1.58 bits per heavy atom. The van der Waals surface area contributed by atoms with Crippen molar-refractivity contribution in [2.75, 3.05) is 13.2 Å². The molecular weight excluding hydrogens is 158 g/mol. The summed E-state index contributed by atoms with van der Waals surface area (Å²) in [5.41, 5.74) is 4.91. The normalized spacial score (nSPS) is 22.1. The summed E-state index contributed by atoms with van der Waals surface area (Å²) in [6.45, 7) is 1.32. The highest BCUT2D eigenvalue weighted by molar-refractivity contribution is 5.83. The number of carbonyl (C=O) groups is 1. The van der Waals surface area contributed by atoms with E-state index in [-0.39, 0.29) is 5.92 Å². The van der Waals surface area contributed by atoms with E-state index in [1.165, 1.54) is 0 Å². The number of aliphatic hydroxyl groups excluding tert-OH is 1. The zero-order valence-electron chi connectivity index (χ0n) is 6.90. The van der Waals surface area contributed by atoms with Gasteiger partial charge in [0.15, 0.2) is 0 Å². The van der Waals surface area contributed by atoms with Gasteiger partial charge in [0.1, 0.15) is 0 Å². The van der Waals surface area contributed by atoms with Gasteiger partial charge in [-0.1, -0.05) is 0 Å². The number of hydrogen-bond acceptors (Lipinski definition) is 3. The quantitative estimate of drug-likeness (QED) is 0.600. The molecular formula is C8H14NO3. The number of hydrogen-bond donors (Lipinski definition) is 2. The molecule has 1 saturated heterocycles. The van der Waals surface area contributed by atoms with Crippen LogP contribution in [0.25, 0.3) is 0 Å². The maximum absolute atomic E-state index is 10.4. The molecule has 0 aromatic heterocycles. The molecule has 1 amide bonds. The summed E-state index contributed by atoms with van der Waals surface area (Å²) in [6.07, 6.45) is 2.05. The molecule has 4 heteroatoms. The lowest BCUT2D eigenvalue weighted by Gasteiger charge is -2.25. The van der Waals surface area contributed by atoms with Gasteiger partial charge in [0.25, 0.3) is 0 Å². The second-order valence-corrected chi connectivity index (χ2v) is 3.01. The predicted octanol–water partition coefficient (Wildman–Crippen LogP) is -0.537. The van der Waals surface area contributed by atoms with Crippen molar-refractivity contribution in [1.82, 2.24) is 0 Å². The molecule has 0 saturated carbocycles. The smallest absolute Gasteiger partial charge is 0.224 e. The fourth-order valence-corrected chi connectivity index (χ4v) is 1.36. The molecule has 12 heavy (non-hydrogen) atoms. The molecule has 3 N–H and O–H groups in total. The molecule has 69 valence electrons. The zero-order valence-corrected chi connectivity index (χ0v) is 6.90. The van der Waals surface area contributed by atoms with Crippen LogP contribution in [0.2, 0.25) is 0 Å². The summed E-state index contributed by atoms with van der Waals surface area (Å²) in [4.78, 5) is 10.4. The summed E-state index contributed by atoms with van der Waals surface area (Å²) >= 11 is 0. The van der Waals surface area contributed by atoms with E-state index in [2.05, 4.69) is 0 Å². The van der Waals surface area contributed by atoms with Gasteiger partial charge in [-0.25, -0.2) is 0 Å². The number of aliphatic hydroxyl groups is 1. The highest BCUT2D eigenvalue weighted by Gasteiger charge is 2.23. The van der Waals surface area contributed by atoms with Crippen molar-refractivity contribution in [3.8, 4) is 0 Å². The Morgan fingerprint density at radius 2 is 2.17 bits per heavy atom. The molecule has 0 spiro atoms. The van der Waals surface area contributed by atoms with Gasteiger partial charge >= 0.3 is 0 Å². The summed E-state index contributed by atoms with van der Waals surface area (Å²) < 4.78 is 5.11. The average molecular weight is 172 g/mol. The first-order valence-electron chi connectivity index (χ1n) is 4.10. The van der Waals surface area contributed by atoms with E-state index in [4.69, 9.17) is 10.5 Å². The van der Waals surface area contributed by atoms with Crippen molar-refractivity contribution in [3.63, 3.8) is 0 Å². The van der Waals surface area contributed by atoms with Gasteiger partial charge in [0.05, 0.1) is 12.5 Å². The lowest BCUT2D eigenvalue weighted by Crippen LogP contribution is -2.31. The maximum Gasteiger partial charge on any atom is 0.224 e. The zero-order chi connectivity index (χ0) is 8.97. The molecule has 4 nitrogen and oxygen atoms in total. The minimum Gasteiger partial charge on any atom is -0.392 e. The second kappa shape index (κ2) is 4.42. The molecule has 0 aliphatic carbocycles. The standard InChI is InChI=1S/C8H14NO3/c9-8(11)5-7(10)6-1-3-12-4-2-6/h5-7,10H,1-4H2,(H2,9,11). The van der Waals surface area contributed by atoms with Crippen LogP contribution in [0, 0.1) is 12.3 Å². The highest BCUT2D eigenvalue weighted by Crippen LogP contribution is 2.19. The third-order valence-corrected chi connectivity index (χ3v) is 2.08. The third-order valence-electron chi connectivity index (χ3n) is 2.08. The molecule has 1 radical (unpaired) electrons. The Morgan fingerprint density at radius 3 is 2.67 bits per heavy atom. The van der Waals surface area contributed by atoms with Gasteiger partial charge in [-0.05, 0) is 18.8 Å². The number of nitrogens with two attached hydrogens (primary N) is 1. The van der Waals surface area contributed by atoms with Crippen LogP contribution < -0.4 is 5.73 Å². The first kappa shape index (κ1) is 9.48. The molecule has 0 aromatic rings. The van der Waals surface area contributed by atoms with Gasteiger partial charge in [-0.2, -0.15) is 0 Å². The van der Waals surface area contributed by atoms with Crippen LogP contribution in [0.15, 0.2) is 0 Å². The summed E-state index contributed by atoms with van der Waals surface area (Å²) in [5, 5.41) is 9.43. The van der Waals surface area contributed by atoms with Crippen LogP contribution in [-0.2, 0) is 9.53 Å². The van der Waals surface area contributed by atoms with Crippen LogP contribution in [0.3, 0.4) is 0 Å². The van der Waals surface area contributed by atoms with E-state index in [1.807, 2.05) is 0 Å². The molecule has 0 aromatic carbocycles. The van der Waals surface area contributed by atoms with Crippen molar-refractivity contribution in [3.05, 3.63) is 6.42 Å². The van der Waals surface area contributed by atoms with E-state index in [0.717, 1.165) is 19.3 Å². The van der Waals surface area contributed by atoms with Crippen molar-refractivity contribution < 1.29 is 14.6 Å². The van der Waals surface area contributed by atoms with Crippen molar-refractivity contribution in [2.45, 2.75) is 18.9 Å². The molecule has 1 atom stereocenters. The summed E-state index contributed by atoms with van der Waals surface area (Å²) in [7, 11) is 0. The highest BCUT2D eigenvalue weighted by atomic mass is 16.5. The fourth-order valence-electron chi connectivity index (χ4n) is 1.36. The second-order valence-electron chi connectivity index (χ2n) is 3.01. The average Bonchev–Trinajstić information content (AvgIpc) is 2.05. The van der Waals surface area contributed by atoms with Crippen LogP contribution >= 0.6 is 0 Å². The lowest BCUT2D eigenvalue weighted by molar-refractivity contribution is -0.116. The van der Waals surface area contributed by atoms with Gasteiger partial charge < -0.3 is 15.6 Å². The Bertz CT molecular complexity index is 154. The summed E-state index contributed by atoms with van der Waals surface area (Å²) in [6, 6.07) is 0. The third kappa shape index (κ3) is 2.79. The predicted molar refractivity (Wildman–Crippen MR) is 43.0 cm³/mol. The monoisotopic (exact) mass is 172 g/mol. The summed E-state index contributed by atoms with van der Waals surface area (Å²) in [5.74, 6) is -0.430. The molecule has 1 aliphatic rings. The maximum atomic E-state index is 10.4. The number of ether oxygens (including phenoxy) is 1. The van der Waals surface area contributed by atoms with Gasteiger partial charge in [-0.15, -0.1) is 0 Å². The van der Waals surface area contributed by atoms with Gasteiger partial charge in [-0.3, -0.25) is 4.79 Å². The first-order chi connectivity index (χ1) is 5.70. The topological polar surface area (TPSA) is 72.6 Å². The Balaban J connectivity index is 2.29. The largest absolute Gasteiger partial charge is 0.392 e. The Hall–Kier alpha value is -0.610. The molecule has 1 heterocycles. The van der Waals surface area contributed by atoms with Crippen molar-refractivity contribution in [1.29, 1.82) is 0 Å². The lowest BCUT2D eigenvalue weighted by atomic mass is 9.92. The van der Waals surface area contributed by atoms with Gasteiger partial charge in [0.2, 0.25) is 5.91 Å². The number of rotatable bonds is 3. The number of primary amides is 1. The van der Waals surface area contributed by atoms with Crippen molar-refractivity contribution in [2.24, 2.45) is 11.7 Å². The molecule has 1 rings (SSSR count). The Kier molecular flexibility index (Phi) is 3.49. The van der Waals surface area contributed by atoms with E-state index < -0.39 is 12.0 Å². The van der Waals surface area contributed by atoms with Gasteiger partial charge in [0, 0.05) is 13.2 Å². The van der Waals surface area contributed by atoms with Crippen LogP contribution in [0.4, 0.5) is 0 Å². The fraction of sp³-hybridized carbons (Fsp3) is 0.750. The SMILES string of the molecule is NC(=O)[CH]C(O)C1CCOCC1. The number of amides is 1.